The van der Waals surface area contributed by atoms with Crippen LogP contribution in [0.4, 0.5) is 0 Å². The summed E-state index contributed by atoms with van der Waals surface area (Å²) in [4.78, 5) is 15.4. The molecule has 1 aromatic rings. The fraction of sp³-hybridized carbons (Fsp3) is 0.538. The first-order chi connectivity index (χ1) is 9.17. The molecule has 0 saturated carbocycles. The molecule has 2 N–H and O–H groups in total. The maximum Gasteiger partial charge on any atom is 0.339 e. The summed E-state index contributed by atoms with van der Waals surface area (Å²) in [5, 5.41) is 12.6. The molecule has 6 heteroatoms. The van der Waals surface area contributed by atoms with E-state index in [4.69, 9.17) is 4.74 Å². The SMILES string of the molecule is COCC(O)CCNCc1ccc(C(=O)OC)cn1. The molecule has 1 atom stereocenters. The van der Waals surface area contributed by atoms with Gasteiger partial charge in [-0.05, 0) is 25.1 Å². The Bertz CT molecular complexity index is 381. The topological polar surface area (TPSA) is 80.7 Å². The molecule has 1 rings (SSSR count). The van der Waals surface area contributed by atoms with Crippen molar-refractivity contribution in [3.63, 3.8) is 0 Å². The molecular formula is C13H20N2O4. The summed E-state index contributed by atoms with van der Waals surface area (Å²) in [6.45, 7) is 1.60. The predicted octanol–water partition coefficient (Wildman–Crippen LogP) is 0.355. The molecule has 0 aliphatic heterocycles. The lowest BCUT2D eigenvalue weighted by atomic mass is 10.2. The van der Waals surface area contributed by atoms with Crippen LogP contribution in [0.1, 0.15) is 22.5 Å². The molecule has 1 heterocycles. The van der Waals surface area contributed by atoms with Gasteiger partial charge in [0.15, 0.2) is 0 Å². The van der Waals surface area contributed by atoms with Crippen molar-refractivity contribution >= 4 is 5.97 Å². The minimum absolute atomic E-state index is 0.341. The lowest BCUT2D eigenvalue weighted by molar-refractivity contribution is 0.0592. The van der Waals surface area contributed by atoms with Crippen molar-refractivity contribution in [3.8, 4) is 0 Å². The van der Waals surface area contributed by atoms with Crippen molar-refractivity contribution in [3.05, 3.63) is 29.6 Å². The van der Waals surface area contributed by atoms with Gasteiger partial charge in [-0.2, -0.15) is 0 Å². The van der Waals surface area contributed by atoms with Crippen molar-refractivity contribution in [1.29, 1.82) is 0 Å². The third-order valence-corrected chi connectivity index (χ3v) is 2.57. The molecule has 0 aromatic carbocycles. The molecule has 1 unspecified atom stereocenters. The normalized spacial score (nSPS) is 12.2. The van der Waals surface area contributed by atoms with Crippen LogP contribution in [0, 0.1) is 0 Å². The first-order valence-electron chi connectivity index (χ1n) is 6.08. The Morgan fingerprint density at radius 1 is 1.47 bits per heavy atom. The van der Waals surface area contributed by atoms with E-state index >= 15 is 0 Å². The van der Waals surface area contributed by atoms with E-state index in [1.807, 2.05) is 0 Å². The zero-order valence-electron chi connectivity index (χ0n) is 11.3. The van der Waals surface area contributed by atoms with E-state index in [2.05, 4.69) is 15.0 Å². The molecule has 106 valence electrons. The van der Waals surface area contributed by atoms with Gasteiger partial charge in [-0.15, -0.1) is 0 Å². The van der Waals surface area contributed by atoms with Crippen molar-refractivity contribution in [2.45, 2.75) is 19.1 Å². The maximum atomic E-state index is 11.2. The molecule has 0 spiro atoms. The van der Waals surface area contributed by atoms with Gasteiger partial charge in [0.1, 0.15) is 0 Å². The van der Waals surface area contributed by atoms with Gasteiger partial charge < -0.3 is 19.9 Å². The maximum absolute atomic E-state index is 11.2. The first-order valence-corrected chi connectivity index (χ1v) is 6.08. The van der Waals surface area contributed by atoms with Gasteiger partial charge in [0, 0.05) is 19.9 Å². The second-order valence-electron chi connectivity index (χ2n) is 4.10. The van der Waals surface area contributed by atoms with Gasteiger partial charge in [0.2, 0.25) is 0 Å². The van der Waals surface area contributed by atoms with Crippen LogP contribution in [0.2, 0.25) is 0 Å². The van der Waals surface area contributed by atoms with Gasteiger partial charge in [0.05, 0.1) is 31.1 Å². The van der Waals surface area contributed by atoms with Crippen molar-refractivity contribution in [2.75, 3.05) is 27.4 Å². The predicted molar refractivity (Wildman–Crippen MR) is 69.8 cm³/mol. The molecule has 19 heavy (non-hydrogen) atoms. The number of carbonyl (C=O) groups is 1. The monoisotopic (exact) mass is 268 g/mol. The standard InChI is InChI=1S/C13H20N2O4/c1-18-9-12(16)5-6-14-8-11-4-3-10(7-15-11)13(17)19-2/h3-4,7,12,14,16H,5-6,8-9H2,1-2H3. The van der Waals surface area contributed by atoms with E-state index in [1.54, 1.807) is 19.2 Å². The fourth-order valence-electron chi connectivity index (χ4n) is 1.53. The summed E-state index contributed by atoms with van der Waals surface area (Å²) in [5.41, 5.74) is 1.26. The number of carbonyl (C=O) groups excluding carboxylic acids is 1. The molecule has 0 amide bonds. The summed E-state index contributed by atoms with van der Waals surface area (Å²) in [5.74, 6) is -0.394. The molecule has 1 aromatic heterocycles. The van der Waals surface area contributed by atoms with Crippen molar-refractivity contribution in [1.82, 2.24) is 10.3 Å². The number of aromatic nitrogens is 1. The number of nitrogens with one attached hydrogen (secondary N) is 1. The zero-order valence-corrected chi connectivity index (χ0v) is 11.3. The highest BCUT2D eigenvalue weighted by Crippen LogP contribution is 2.02. The Balaban J connectivity index is 2.28. The number of hydrogen-bond donors (Lipinski definition) is 2. The summed E-state index contributed by atoms with van der Waals surface area (Å²) in [7, 11) is 2.90. The number of hydrogen-bond acceptors (Lipinski definition) is 6. The van der Waals surface area contributed by atoms with Gasteiger partial charge in [-0.25, -0.2) is 4.79 Å². The van der Waals surface area contributed by atoms with Crippen molar-refractivity contribution < 1.29 is 19.4 Å². The number of nitrogens with zero attached hydrogens (tertiary/aromatic N) is 1. The van der Waals surface area contributed by atoms with E-state index in [-0.39, 0.29) is 0 Å². The number of aliphatic hydroxyl groups is 1. The second kappa shape index (κ2) is 8.58. The third-order valence-electron chi connectivity index (χ3n) is 2.57. The molecular weight excluding hydrogens is 248 g/mol. The summed E-state index contributed by atoms with van der Waals surface area (Å²) < 4.78 is 9.42. The van der Waals surface area contributed by atoms with Gasteiger partial charge >= 0.3 is 5.97 Å². The average molecular weight is 268 g/mol. The Hall–Kier alpha value is -1.50. The Kier molecular flexibility index (Phi) is 7.02. The zero-order chi connectivity index (χ0) is 14.1. The second-order valence-corrected chi connectivity index (χ2v) is 4.10. The quantitative estimate of drug-likeness (QED) is 0.523. The van der Waals surface area contributed by atoms with Crippen LogP contribution < -0.4 is 5.32 Å². The number of methoxy groups -OCH3 is 2. The number of ether oxygens (including phenoxy) is 2. The highest BCUT2D eigenvalue weighted by atomic mass is 16.5. The first kappa shape index (κ1) is 15.6. The van der Waals surface area contributed by atoms with E-state index in [0.717, 1.165) is 5.69 Å². The summed E-state index contributed by atoms with van der Waals surface area (Å²) in [6, 6.07) is 3.44. The van der Waals surface area contributed by atoms with Gasteiger partial charge in [-0.3, -0.25) is 4.98 Å². The summed E-state index contributed by atoms with van der Waals surface area (Å²) >= 11 is 0. The largest absolute Gasteiger partial charge is 0.465 e. The molecule has 0 fully saturated rings. The Morgan fingerprint density at radius 3 is 2.84 bits per heavy atom. The summed E-state index contributed by atoms with van der Waals surface area (Å²) in [6.07, 6.45) is 1.66. The van der Waals surface area contributed by atoms with Crippen LogP contribution in [-0.2, 0) is 16.0 Å². The van der Waals surface area contributed by atoms with E-state index in [1.165, 1.54) is 13.3 Å². The van der Waals surface area contributed by atoms with Crippen LogP contribution in [-0.4, -0.2) is 49.5 Å². The number of rotatable bonds is 8. The molecule has 0 radical (unpaired) electrons. The molecule has 0 bridgehead atoms. The molecule has 0 aliphatic rings. The molecule has 6 nitrogen and oxygen atoms in total. The van der Waals surface area contributed by atoms with E-state index in [0.29, 0.717) is 31.7 Å². The van der Waals surface area contributed by atoms with Gasteiger partial charge in [0.25, 0.3) is 0 Å². The van der Waals surface area contributed by atoms with Crippen LogP contribution >= 0.6 is 0 Å². The number of aliphatic hydroxyl groups excluding tert-OH is 1. The van der Waals surface area contributed by atoms with Crippen LogP contribution in [0.3, 0.4) is 0 Å². The van der Waals surface area contributed by atoms with E-state index in [9.17, 15) is 9.90 Å². The lowest BCUT2D eigenvalue weighted by Crippen LogP contribution is -2.23. The van der Waals surface area contributed by atoms with Gasteiger partial charge in [-0.1, -0.05) is 0 Å². The van der Waals surface area contributed by atoms with Crippen molar-refractivity contribution in [2.24, 2.45) is 0 Å². The highest BCUT2D eigenvalue weighted by molar-refractivity contribution is 5.88. The van der Waals surface area contributed by atoms with Crippen LogP contribution in [0.25, 0.3) is 0 Å². The lowest BCUT2D eigenvalue weighted by Gasteiger charge is -2.09. The molecule has 0 saturated heterocycles. The average Bonchev–Trinajstić information content (AvgIpc) is 2.44. The highest BCUT2D eigenvalue weighted by Gasteiger charge is 2.05. The van der Waals surface area contributed by atoms with Crippen LogP contribution in [0.15, 0.2) is 18.3 Å². The minimum atomic E-state index is -0.452. The smallest absolute Gasteiger partial charge is 0.339 e. The Morgan fingerprint density at radius 2 is 2.26 bits per heavy atom. The fourth-order valence-corrected chi connectivity index (χ4v) is 1.53. The van der Waals surface area contributed by atoms with Crippen LogP contribution in [0.5, 0.6) is 0 Å². The minimum Gasteiger partial charge on any atom is -0.465 e. The molecule has 0 aliphatic carbocycles. The Labute approximate surface area is 112 Å². The number of pyridine rings is 1. The third kappa shape index (κ3) is 5.78. The van der Waals surface area contributed by atoms with E-state index < -0.39 is 12.1 Å². The number of esters is 1.